The maximum atomic E-state index is 14.6. The number of hydrogen-bond donors (Lipinski definition) is 1. The van der Waals surface area contributed by atoms with Gasteiger partial charge in [-0.1, -0.05) is 48.5 Å². The SMILES string of the molecule is COC(=O)C1C2c3ccccc3C(c3ccccc32)C1C(=O)Oc1c(F)c(F)c(S(=O)(=O)O)c(F)c1F. The lowest BCUT2D eigenvalue weighted by Gasteiger charge is -2.48. The van der Waals surface area contributed by atoms with Gasteiger partial charge >= 0.3 is 22.1 Å². The zero-order valence-electron chi connectivity index (χ0n) is 18.7. The summed E-state index contributed by atoms with van der Waals surface area (Å²) in [6, 6.07) is 13.9. The Balaban J connectivity index is 1.67. The van der Waals surface area contributed by atoms with Gasteiger partial charge in [0, 0.05) is 11.8 Å². The van der Waals surface area contributed by atoms with E-state index in [4.69, 9.17) is 14.0 Å². The van der Waals surface area contributed by atoms with Gasteiger partial charge < -0.3 is 9.47 Å². The molecule has 0 amide bonds. The number of ether oxygens (including phenoxy) is 2. The van der Waals surface area contributed by atoms with E-state index in [1.807, 2.05) is 0 Å². The first-order chi connectivity index (χ1) is 17.5. The minimum atomic E-state index is -5.70. The van der Waals surface area contributed by atoms with E-state index in [9.17, 15) is 35.6 Å². The second kappa shape index (κ2) is 8.67. The van der Waals surface area contributed by atoms with Crippen LogP contribution in [0.4, 0.5) is 17.6 Å². The van der Waals surface area contributed by atoms with Crippen LogP contribution in [0.15, 0.2) is 53.4 Å². The molecule has 7 nitrogen and oxygen atoms in total. The second-order valence-electron chi connectivity index (χ2n) is 8.60. The Morgan fingerprint density at radius 2 is 1.11 bits per heavy atom. The van der Waals surface area contributed by atoms with Gasteiger partial charge in [-0.05, 0) is 22.3 Å². The highest BCUT2D eigenvalue weighted by molar-refractivity contribution is 7.85. The molecule has 3 aliphatic carbocycles. The average molecular weight is 536 g/mol. The number of halogens is 4. The fourth-order valence-electron chi connectivity index (χ4n) is 5.46. The van der Waals surface area contributed by atoms with E-state index in [2.05, 4.69) is 0 Å². The Hall–Kier alpha value is -3.77. The zero-order chi connectivity index (χ0) is 26.8. The summed E-state index contributed by atoms with van der Waals surface area (Å²) in [7, 11) is -4.60. The predicted molar refractivity (Wildman–Crippen MR) is 117 cm³/mol. The first-order valence-electron chi connectivity index (χ1n) is 10.8. The quantitative estimate of drug-likeness (QED) is 0.176. The molecule has 0 aliphatic heterocycles. The number of carbonyl (C=O) groups excluding carboxylic acids is 2. The Kier molecular flexibility index (Phi) is 5.83. The van der Waals surface area contributed by atoms with Gasteiger partial charge in [-0.2, -0.15) is 17.2 Å². The Morgan fingerprint density at radius 1 is 0.730 bits per heavy atom. The molecule has 37 heavy (non-hydrogen) atoms. The van der Waals surface area contributed by atoms with Gasteiger partial charge in [0.25, 0.3) is 0 Å². The maximum absolute atomic E-state index is 14.6. The molecule has 1 N–H and O–H groups in total. The van der Waals surface area contributed by atoms with E-state index in [1.54, 1.807) is 48.5 Å². The molecule has 192 valence electrons. The smallest absolute Gasteiger partial charge is 0.316 e. The van der Waals surface area contributed by atoms with Crippen LogP contribution in [0, 0.1) is 35.1 Å². The van der Waals surface area contributed by atoms with Crippen LogP contribution in [0.1, 0.15) is 34.1 Å². The van der Waals surface area contributed by atoms with Crippen molar-refractivity contribution in [2.24, 2.45) is 11.8 Å². The number of carbonyl (C=O) groups is 2. The van der Waals surface area contributed by atoms with Gasteiger partial charge in [0.05, 0.1) is 18.9 Å². The molecule has 0 saturated heterocycles. The minimum Gasteiger partial charge on any atom is -0.469 e. The largest absolute Gasteiger partial charge is 0.469 e. The van der Waals surface area contributed by atoms with Crippen LogP contribution in [-0.4, -0.2) is 32.0 Å². The molecule has 3 aromatic rings. The average Bonchev–Trinajstić information content (AvgIpc) is 2.88. The van der Waals surface area contributed by atoms with E-state index in [0.717, 1.165) is 18.2 Å². The molecule has 0 spiro atoms. The van der Waals surface area contributed by atoms with Crippen LogP contribution >= 0.6 is 0 Å². The number of fused-ring (bicyclic) bond motifs is 1. The maximum Gasteiger partial charge on any atom is 0.316 e. The highest BCUT2D eigenvalue weighted by Gasteiger charge is 2.56. The number of hydrogen-bond acceptors (Lipinski definition) is 6. The monoisotopic (exact) mass is 536 g/mol. The van der Waals surface area contributed by atoms with Gasteiger partial charge in [0.1, 0.15) is 0 Å². The lowest BCUT2D eigenvalue weighted by Crippen LogP contribution is -2.48. The van der Waals surface area contributed by atoms with Crippen molar-refractivity contribution in [1.82, 2.24) is 0 Å². The van der Waals surface area contributed by atoms with Gasteiger partial charge in [0.15, 0.2) is 16.5 Å². The molecule has 2 atom stereocenters. The lowest BCUT2D eigenvalue weighted by atomic mass is 9.54. The fourth-order valence-corrected chi connectivity index (χ4v) is 6.09. The highest BCUT2D eigenvalue weighted by Crippen LogP contribution is 2.58. The van der Waals surface area contributed by atoms with Crippen LogP contribution < -0.4 is 4.74 Å². The second-order valence-corrected chi connectivity index (χ2v) is 9.96. The van der Waals surface area contributed by atoms with Crippen molar-refractivity contribution in [2.75, 3.05) is 7.11 Å². The molecule has 0 fully saturated rings. The van der Waals surface area contributed by atoms with Crippen LogP contribution in [-0.2, 0) is 24.4 Å². The third-order valence-corrected chi connectivity index (χ3v) is 7.70. The first-order valence-corrected chi connectivity index (χ1v) is 12.2. The predicted octanol–water partition coefficient (Wildman–Crippen LogP) is 4.09. The molecular weight excluding hydrogens is 520 g/mol. The Morgan fingerprint density at radius 3 is 1.46 bits per heavy atom. The summed E-state index contributed by atoms with van der Waals surface area (Å²) >= 11 is 0. The highest BCUT2D eigenvalue weighted by atomic mass is 32.2. The van der Waals surface area contributed by atoms with Crippen molar-refractivity contribution in [2.45, 2.75) is 16.7 Å². The molecule has 3 aromatic carbocycles. The van der Waals surface area contributed by atoms with Crippen molar-refractivity contribution in [1.29, 1.82) is 0 Å². The minimum absolute atomic E-state index is 0.647. The molecule has 0 heterocycles. The van der Waals surface area contributed by atoms with E-state index in [-0.39, 0.29) is 0 Å². The van der Waals surface area contributed by atoms with Crippen LogP contribution in [0.3, 0.4) is 0 Å². The van der Waals surface area contributed by atoms with E-state index in [1.165, 1.54) is 0 Å². The molecular formula is C25H16F4O7S. The Bertz CT molecular complexity index is 1510. The number of esters is 2. The van der Waals surface area contributed by atoms with Crippen molar-refractivity contribution < 1.29 is 49.6 Å². The molecule has 2 unspecified atom stereocenters. The third kappa shape index (κ3) is 3.62. The first kappa shape index (κ1) is 24.9. The van der Waals surface area contributed by atoms with Crippen molar-refractivity contribution >= 4 is 22.1 Å². The van der Waals surface area contributed by atoms with Crippen LogP contribution in [0.25, 0.3) is 0 Å². The normalized spacial score (nSPS) is 21.7. The van der Waals surface area contributed by atoms with E-state index < -0.39 is 79.6 Å². The molecule has 3 aliphatic rings. The summed E-state index contributed by atoms with van der Waals surface area (Å²) in [5, 5.41) is 0. The summed E-state index contributed by atoms with van der Waals surface area (Å²) in [5.41, 5.74) is 2.76. The molecule has 0 aromatic heterocycles. The van der Waals surface area contributed by atoms with Crippen molar-refractivity contribution in [3.05, 3.63) is 94.1 Å². The molecule has 2 bridgehead atoms. The zero-order valence-corrected chi connectivity index (χ0v) is 19.6. The number of rotatable bonds is 4. The summed E-state index contributed by atoms with van der Waals surface area (Å²) in [6.07, 6.45) is 0. The number of methoxy groups -OCH3 is 1. The van der Waals surface area contributed by atoms with Crippen molar-refractivity contribution in [3.63, 3.8) is 0 Å². The molecule has 0 radical (unpaired) electrons. The third-order valence-electron chi connectivity index (χ3n) is 6.83. The van der Waals surface area contributed by atoms with Crippen LogP contribution in [0.5, 0.6) is 5.75 Å². The summed E-state index contributed by atoms with van der Waals surface area (Å²) in [6.45, 7) is 0. The van der Waals surface area contributed by atoms with E-state index >= 15 is 0 Å². The molecule has 0 saturated carbocycles. The van der Waals surface area contributed by atoms with Crippen LogP contribution in [0.2, 0.25) is 0 Å². The lowest BCUT2D eigenvalue weighted by molar-refractivity contribution is -0.157. The standard InChI is InChI=1S/C25H16F4O7S/c1-35-24(30)16-14-10-6-2-4-8-12(10)15(13-9-5-3-7-11(13)14)17(16)25(31)36-22-18(26)20(28)23(37(32,33)34)21(29)19(22)27/h2-9,14-17H,1H3,(H,32,33,34). The fraction of sp³-hybridized carbons (Fsp3) is 0.200. The van der Waals surface area contributed by atoms with Gasteiger partial charge in [0.2, 0.25) is 17.4 Å². The van der Waals surface area contributed by atoms with Crippen molar-refractivity contribution in [3.8, 4) is 5.75 Å². The topological polar surface area (TPSA) is 107 Å². The molecule has 12 heteroatoms. The Labute approximate surface area is 207 Å². The summed E-state index contributed by atoms with van der Waals surface area (Å²) < 4.78 is 99.0. The van der Waals surface area contributed by atoms with Gasteiger partial charge in [-0.3, -0.25) is 14.1 Å². The van der Waals surface area contributed by atoms with Gasteiger partial charge in [-0.25, -0.2) is 8.78 Å². The number of benzene rings is 3. The molecule has 6 rings (SSSR count). The summed E-state index contributed by atoms with van der Waals surface area (Å²) in [5.74, 6) is -17.9. The van der Waals surface area contributed by atoms with Gasteiger partial charge in [-0.15, -0.1) is 0 Å². The van der Waals surface area contributed by atoms with E-state index in [0.29, 0.717) is 11.1 Å². The summed E-state index contributed by atoms with van der Waals surface area (Å²) in [4.78, 5) is 24.1.